The van der Waals surface area contributed by atoms with Crippen LogP contribution in [-0.2, 0) is 0 Å². The molecular weight excluding hydrogens is 332 g/mol. The molecule has 3 aromatic rings. The van der Waals surface area contributed by atoms with E-state index in [0.29, 0.717) is 13.2 Å². The highest BCUT2D eigenvalue weighted by molar-refractivity contribution is 5.98. The van der Waals surface area contributed by atoms with E-state index in [1.54, 1.807) is 0 Å². The highest BCUT2D eigenvalue weighted by atomic mass is 16.5. The molecule has 3 nitrogen and oxygen atoms in total. The molecule has 0 aliphatic heterocycles. The number of hydrogen-bond donors (Lipinski definition) is 2. The van der Waals surface area contributed by atoms with Gasteiger partial charge in [-0.15, -0.1) is 0 Å². The number of anilines is 1. The van der Waals surface area contributed by atoms with Gasteiger partial charge >= 0.3 is 0 Å². The average molecular weight is 358 g/mol. The van der Waals surface area contributed by atoms with Crippen LogP contribution >= 0.6 is 0 Å². The maximum absolute atomic E-state index is 5.91. The van der Waals surface area contributed by atoms with Gasteiger partial charge in [-0.1, -0.05) is 61.5 Å². The summed E-state index contributed by atoms with van der Waals surface area (Å²) in [6, 6.07) is 26.8. The van der Waals surface area contributed by atoms with E-state index in [-0.39, 0.29) is 0 Å². The fourth-order valence-electron chi connectivity index (χ4n) is 3.22. The summed E-state index contributed by atoms with van der Waals surface area (Å²) in [4.78, 5) is 0. The van der Waals surface area contributed by atoms with Gasteiger partial charge in [0.2, 0.25) is 0 Å². The van der Waals surface area contributed by atoms with Crippen molar-refractivity contribution >= 4 is 16.8 Å². The minimum absolute atomic E-state index is 0.506. The second kappa shape index (κ2) is 9.06. The molecule has 0 saturated carbocycles. The monoisotopic (exact) mass is 358 g/mol. The third-order valence-corrected chi connectivity index (χ3v) is 4.51. The molecule has 27 heavy (non-hydrogen) atoms. The van der Waals surface area contributed by atoms with Gasteiger partial charge in [-0.05, 0) is 58.5 Å². The van der Waals surface area contributed by atoms with Gasteiger partial charge in [0, 0.05) is 12.2 Å². The smallest absolute Gasteiger partial charge is 0.119 e. The predicted octanol–water partition coefficient (Wildman–Crippen LogP) is 4.98. The Morgan fingerprint density at radius 2 is 1.37 bits per heavy atom. The second-order valence-corrected chi connectivity index (χ2v) is 6.36. The van der Waals surface area contributed by atoms with Crippen LogP contribution in [0.1, 0.15) is 30.0 Å². The molecule has 0 unspecified atom stereocenters. The van der Waals surface area contributed by atoms with E-state index in [2.05, 4.69) is 55.5 Å². The molecule has 3 aromatic carbocycles. The Balaban J connectivity index is 2.13. The normalized spacial score (nSPS) is 11.8. The fourth-order valence-corrected chi connectivity index (χ4v) is 3.22. The summed E-state index contributed by atoms with van der Waals surface area (Å²) in [5.74, 6) is 0.832. The Bertz CT molecular complexity index is 882. The fraction of sp³-hybridized carbons (Fsp3) is 0.167. The Morgan fingerprint density at radius 1 is 0.778 bits per heavy atom. The van der Waals surface area contributed by atoms with Crippen LogP contribution in [0, 0.1) is 0 Å². The van der Waals surface area contributed by atoms with E-state index in [9.17, 15) is 0 Å². The van der Waals surface area contributed by atoms with E-state index in [1.165, 1.54) is 16.7 Å². The third-order valence-electron chi connectivity index (χ3n) is 4.51. The Hall–Kier alpha value is -3.04. The van der Waals surface area contributed by atoms with Crippen molar-refractivity contribution in [2.24, 2.45) is 5.73 Å². The molecule has 0 aromatic heterocycles. The minimum atomic E-state index is 0.506. The number of benzene rings is 3. The first-order valence-corrected chi connectivity index (χ1v) is 9.30. The van der Waals surface area contributed by atoms with Crippen LogP contribution in [0.5, 0.6) is 5.75 Å². The topological polar surface area (TPSA) is 61.3 Å². The number of hydrogen-bond acceptors (Lipinski definition) is 3. The zero-order valence-corrected chi connectivity index (χ0v) is 15.7. The Labute approximate surface area is 161 Å². The predicted molar refractivity (Wildman–Crippen MR) is 114 cm³/mol. The first kappa shape index (κ1) is 18.7. The van der Waals surface area contributed by atoms with Crippen molar-refractivity contribution in [3.05, 3.63) is 95.6 Å². The zero-order valence-electron chi connectivity index (χ0n) is 15.7. The maximum atomic E-state index is 5.91. The van der Waals surface area contributed by atoms with Gasteiger partial charge in [-0.25, -0.2) is 0 Å². The lowest BCUT2D eigenvalue weighted by atomic mass is 9.88. The van der Waals surface area contributed by atoms with Crippen molar-refractivity contribution in [1.29, 1.82) is 0 Å². The summed E-state index contributed by atoms with van der Waals surface area (Å²) in [6.45, 7) is 3.22. The van der Waals surface area contributed by atoms with Crippen molar-refractivity contribution in [3.63, 3.8) is 0 Å². The largest absolute Gasteiger partial charge is 0.492 e. The van der Waals surface area contributed by atoms with E-state index < -0.39 is 0 Å². The summed E-state index contributed by atoms with van der Waals surface area (Å²) in [5, 5.41) is 0. The molecule has 4 N–H and O–H groups in total. The van der Waals surface area contributed by atoms with Crippen molar-refractivity contribution in [2.45, 2.75) is 13.3 Å². The highest BCUT2D eigenvalue weighted by Gasteiger charge is 2.13. The van der Waals surface area contributed by atoms with Gasteiger partial charge in [0.25, 0.3) is 0 Å². The molecule has 0 saturated heterocycles. The van der Waals surface area contributed by atoms with Crippen molar-refractivity contribution < 1.29 is 4.74 Å². The van der Waals surface area contributed by atoms with E-state index in [4.69, 9.17) is 16.2 Å². The molecular formula is C24H26N2O. The van der Waals surface area contributed by atoms with Crippen molar-refractivity contribution in [3.8, 4) is 5.75 Å². The number of ether oxygens (including phenoxy) is 1. The molecule has 0 heterocycles. The lowest BCUT2D eigenvalue weighted by Crippen LogP contribution is -2.10. The van der Waals surface area contributed by atoms with Crippen molar-refractivity contribution in [2.75, 3.05) is 18.9 Å². The van der Waals surface area contributed by atoms with Gasteiger partial charge < -0.3 is 16.2 Å². The summed E-state index contributed by atoms with van der Waals surface area (Å²) in [7, 11) is 0. The molecule has 3 heteroatoms. The van der Waals surface area contributed by atoms with Gasteiger partial charge in [0.1, 0.15) is 12.4 Å². The number of rotatable bonds is 7. The van der Waals surface area contributed by atoms with Crippen LogP contribution < -0.4 is 16.2 Å². The molecule has 0 aliphatic rings. The van der Waals surface area contributed by atoms with E-state index >= 15 is 0 Å². The van der Waals surface area contributed by atoms with Crippen LogP contribution in [0.25, 0.3) is 11.1 Å². The Kier molecular flexibility index (Phi) is 6.29. The van der Waals surface area contributed by atoms with E-state index in [1.807, 2.05) is 30.3 Å². The minimum Gasteiger partial charge on any atom is -0.492 e. The molecule has 0 atom stereocenters. The molecule has 0 aliphatic carbocycles. The lowest BCUT2D eigenvalue weighted by molar-refractivity contribution is 0.328. The molecule has 0 spiro atoms. The first-order chi connectivity index (χ1) is 13.2. The maximum Gasteiger partial charge on any atom is 0.119 e. The van der Waals surface area contributed by atoms with E-state index in [0.717, 1.165) is 29.0 Å². The summed E-state index contributed by atoms with van der Waals surface area (Å²) in [5.41, 5.74) is 18.3. The molecule has 3 rings (SSSR count). The quantitative estimate of drug-likeness (QED) is 0.463. The second-order valence-electron chi connectivity index (χ2n) is 6.36. The Morgan fingerprint density at radius 3 is 1.93 bits per heavy atom. The van der Waals surface area contributed by atoms with Gasteiger partial charge in [-0.3, -0.25) is 0 Å². The summed E-state index contributed by atoms with van der Waals surface area (Å²) < 4.78 is 5.63. The molecule has 0 amide bonds. The number of nitrogen functional groups attached to an aromatic ring is 1. The van der Waals surface area contributed by atoms with Crippen LogP contribution in [0.3, 0.4) is 0 Å². The van der Waals surface area contributed by atoms with Gasteiger partial charge in [-0.2, -0.15) is 0 Å². The van der Waals surface area contributed by atoms with Gasteiger partial charge in [0.15, 0.2) is 0 Å². The molecule has 0 fully saturated rings. The van der Waals surface area contributed by atoms with Crippen LogP contribution in [0.4, 0.5) is 5.69 Å². The molecule has 138 valence electrons. The molecule has 0 radical (unpaired) electrons. The van der Waals surface area contributed by atoms with Crippen LogP contribution in [0.2, 0.25) is 0 Å². The standard InChI is InChI=1S/C24H26N2O/c1-2-23(18-6-4-3-5-7-18)24(19-8-12-21(26)13-9-19)20-10-14-22(15-11-20)27-17-16-25/h3-15H,2,16-17,25-26H2,1H3/b24-23+. The number of nitrogens with two attached hydrogens (primary N) is 2. The van der Waals surface area contributed by atoms with Crippen LogP contribution in [0.15, 0.2) is 78.9 Å². The number of allylic oxidation sites excluding steroid dienone is 1. The summed E-state index contributed by atoms with van der Waals surface area (Å²) in [6.07, 6.45) is 0.926. The highest BCUT2D eigenvalue weighted by Crippen LogP contribution is 2.35. The molecule has 0 bridgehead atoms. The average Bonchev–Trinajstić information content (AvgIpc) is 2.72. The SMILES string of the molecule is CC/C(=C(/c1ccc(N)cc1)c1ccc(OCCN)cc1)c1ccccc1. The summed E-state index contributed by atoms with van der Waals surface area (Å²) >= 11 is 0. The first-order valence-electron chi connectivity index (χ1n) is 9.30. The lowest BCUT2D eigenvalue weighted by Gasteiger charge is -2.17. The van der Waals surface area contributed by atoms with Crippen LogP contribution in [-0.4, -0.2) is 13.2 Å². The third kappa shape index (κ3) is 4.57. The zero-order chi connectivity index (χ0) is 19.1. The van der Waals surface area contributed by atoms with Gasteiger partial charge in [0.05, 0.1) is 0 Å². The van der Waals surface area contributed by atoms with Crippen molar-refractivity contribution in [1.82, 2.24) is 0 Å².